The monoisotopic (exact) mass is 282 g/mol. The van der Waals surface area contributed by atoms with Gasteiger partial charge in [-0.05, 0) is 18.6 Å². The van der Waals surface area contributed by atoms with Crippen molar-refractivity contribution in [2.75, 3.05) is 6.61 Å². The Morgan fingerprint density at radius 1 is 1.42 bits per heavy atom. The molecule has 3 nitrogen and oxygen atoms in total. The van der Waals surface area contributed by atoms with Gasteiger partial charge < -0.3 is 5.11 Å². The predicted octanol–water partition coefficient (Wildman–Crippen LogP) is 2.84. The van der Waals surface area contributed by atoms with Crippen LogP contribution in [0.1, 0.15) is 22.9 Å². The number of hydrogen-bond donors (Lipinski definition) is 1. The van der Waals surface area contributed by atoms with Gasteiger partial charge in [-0.1, -0.05) is 29.8 Å². The molecule has 102 valence electrons. The van der Waals surface area contributed by atoms with Crippen LogP contribution in [0.4, 0.5) is 4.39 Å². The Morgan fingerprint density at radius 2 is 2.11 bits per heavy atom. The molecule has 1 aromatic carbocycles. The summed E-state index contributed by atoms with van der Waals surface area (Å²) < 4.78 is 15.5. The third kappa shape index (κ3) is 2.80. The molecule has 1 unspecified atom stereocenters. The third-order valence-corrected chi connectivity index (χ3v) is 3.76. The van der Waals surface area contributed by atoms with Crippen LogP contribution in [0.25, 0.3) is 0 Å². The van der Waals surface area contributed by atoms with E-state index in [2.05, 4.69) is 5.10 Å². The van der Waals surface area contributed by atoms with Crippen LogP contribution in [-0.2, 0) is 13.5 Å². The highest BCUT2D eigenvalue weighted by Gasteiger charge is 2.20. The van der Waals surface area contributed by atoms with E-state index in [9.17, 15) is 9.50 Å². The van der Waals surface area contributed by atoms with Crippen molar-refractivity contribution < 1.29 is 9.50 Å². The first-order chi connectivity index (χ1) is 9.04. The lowest BCUT2D eigenvalue weighted by atomic mass is 9.94. The maximum atomic E-state index is 13.8. The minimum atomic E-state index is -0.325. The van der Waals surface area contributed by atoms with Crippen LogP contribution in [0.3, 0.4) is 0 Å². The molecule has 0 bridgehead atoms. The molecule has 1 heterocycles. The predicted molar refractivity (Wildman–Crippen MR) is 72.9 cm³/mol. The van der Waals surface area contributed by atoms with Crippen molar-refractivity contribution in [3.63, 3.8) is 0 Å². The fourth-order valence-electron chi connectivity index (χ4n) is 2.21. The number of aryl methyl sites for hydroxylation is 2. The van der Waals surface area contributed by atoms with Crippen molar-refractivity contribution in [2.45, 2.75) is 19.3 Å². The zero-order valence-corrected chi connectivity index (χ0v) is 11.7. The van der Waals surface area contributed by atoms with Gasteiger partial charge in [0.1, 0.15) is 5.82 Å². The molecule has 0 aliphatic carbocycles. The molecule has 2 rings (SSSR count). The number of nitrogens with zero attached hydrogens (tertiary/aromatic N) is 2. The lowest BCUT2D eigenvalue weighted by Crippen LogP contribution is -2.12. The van der Waals surface area contributed by atoms with Gasteiger partial charge in [-0.3, -0.25) is 4.68 Å². The van der Waals surface area contributed by atoms with Crippen molar-refractivity contribution in [1.82, 2.24) is 9.78 Å². The summed E-state index contributed by atoms with van der Waals surface area (Å²) in [4.78, 5) is 0. The smallest absolute Gasteiger partial charge is 0.126 e. The lowest BCUT2D eigenvalue weighted by Gasteiger charge is -2.15. The first-order valence-electron chi connectivity index (χ1n) is 6.07. The Kier molecular flexibility index (Phi) is 4.22. The Morgan fingerprint density at radius 3 is 2.63 bits per heavy atom. The first kappa shape index (κ1) is 14.0. The number of rotatable bonds is 4. The molecular formula is C14H16ClFN2O. The van der Waals surface area contributed by atoms with Gasteiger partial charge in [0.2, 0.25) is 0 Å². The van der Waals surface area contributed by atoms with Gasteiger partial charge in [-0.15, -0.1) is 0 Å². The summed E-state index contributed by atoms with van der Waals surface area (Å²) in [5.41, 5.74) is 2.05. The third-order valence-electron chi connectivity index (χ3n) is 3.27. The molecule has 0 fully saturated rings. The van der Waals surface area contributed by atoms with Gasteiger partial charge in [-0.2, -0.15) is 5.10 Å². The lowest BCUT2D eigenvalue weighted by molar-refractivity contribution is 0.260. The van der Waals surface area contributed by atoms with Gasteiger partial charge in [0.15, 0.2) is 0 Å². The molecular weight excluding hydrogens is 267 g/mol. The molecule has 0 aliphatic rings. The number of aromatic nitrogens is 2. The average molecular weight is 283 g/mol. The summed E-state index contributed by atoms with van der Waals surface area (Å²) in [6, 6.07) is 6.48. The molecule has 1 atom stereocenters. The van der Waals surface area contributed by atoms with E-state index in [0.29, 0.717) is 17.0 Å². The number of halogens is 2. The van der Waals surface area contributed by atoms with Gasteiger partial charge in [0.25, 0.3) is 0 Å². The Labute approximate surface area is 116 Å². The summed E-state index contributed by atoms with van der Waals surface area (Å²) in [7, 11) is 1.80. The minimum Gasteiger partial charge on any atom is -0.396 e. The summed E-state index contributed by atoms with van der Waals surface area (Å²) in [6.45, 7) is 1.68. The van der Waals surface area contributed by atoms with Crippen LogP contribution in [0.2, 0.25) is 5.02 Å². The van der Waals surface area contributed by atoms with Crippen molar-refractivity contribution in [1.29, 1.82) is 0 Å². The normalized spacial score (nSPS) is 12.7. The highest BCUT2D eigenvalue weighted by atomic mass is 35.5. The standard InChI is InChI=1S/C14H16ClFN2O/c1-9-14(15)13(18(2)17-9)7-10(8-19)11-5-3-4-6-12(11)16/h3-6,10,19H,7-8H2,1-2H3. The molecule has 1 aromatic heterocycles. The molecule has 0 spiro atoms. The molecule has 19 heavy (non-hydrogen) atoms. The Hall–Kier alpha value is -1.39. The van der Waals surface area contributed by atoms with Crippen LogP contribution >= 0.6 is 11.6 Å². The second-order valence-corrected chi connectivity index (χ2v) is 4.95. The fourth-order valence-corrected chi connectivity index (χ4v) is 2.45. The van der Waals surface area contributed by atoms with Crippen molar-refractivity contribution >= 4 is 11.6 Å². The topological polar surface area (TPSA) is 38.0 Å². The second kappa shape index (κ2) is 5.72. The van der Waals surface area contributed by atoms with E-state index in [1.54, 1.807) is 29.9 Å². The maximum absolute atomic E-state index is 13.8. The van der Waals surface area contributed by atoms with Crippen LogP contribution in [0, 0.1) is 12.7 Å². The van der Waals surface area contributed by atoms with E-state index < -0.39 is 0 Å². The summed E-state index contributed by atoms with van der Waals surface area (Å²) in [6.07, 6.45) is 0.452. The highest BCUT2D eigenvalue weighted by Crippen LogP contribution is 2.27. The van der Waals surface area contributed by atoms with Crippen LogP contribution < -0.4 is 0 Å². The summed E-state index contributed by atoms with van der Waals surface area (Å²) in [5, 5.41) is 14.3. The maximum Gasteiger partial charge on any atom is 0.126 e. The molecule has 0 amide bonds. The average Bonchev–Trinajstić information content (AvgIpc) is 2.63. The molecule has 0 saturated carbocycles. The van der Waals surface area contributed by atoms with Crippen LogP contribution in [0.15, 0.2) is 24.3 Å². The van der Waals surface area contributed by atoms with Crippen LogP contribution in [-0.4, -0.2) is 21.5 Å². The minimum absolute atomic E-state index is 0.137. The van der Waals surface area contributed by atoms with Crippen molar-refractivity contribution in [3.8, 4) is 0 Å². The van der Waals surface area contributed by atoms with E-state index >= 15 is 0 Å². The van der Waals surface area contributed by atoms with Crippen molar-refractivity contribution in [3.05, 3.63) is 52.1 Å². The number of aliphatic hydroxyl groups is 1. The number of hydrogen-bond acceptors (Lipinski definition) is 2. The van der Waals surface area contributed by atoms with Gasteiger partial charge in [-0.25, -0.2) is 4.39 Å². The highest BCUT2D eigenvalue weighted by molar-refractivity contribution is 6.31. The molecule has 5 heteroatoms. The van der Waals surface area contributed by atoms with Crippen LogP contribution in [0.5, 0.6) is 0 Å². The fraction of sp³-hybridized carbons (Fsp3) is 0.357. The second-order valence-electron chi connectivity index (χ2n) is 4.57. The first-order valence-corrected chi connectivity index (χ1v) is 6.45. The number of benzene rings is 1. The molecule has 0 saturated heterocycles. The molecule has 1 N–H and O–H groups in total. The summed E-state index contributed by atoms with van der Waals surface area (Å²) in [5.74, 6) is -0.634. The summed E-state index contributed by atoms with van der Waals surface area (Å²) >= 11 is 6.18. The van der Waals surface area contributed by atoms with Crippen molar-refractivity contribution in [2.24, 2.45) is 7.05 Å². The SMILES string of the molecule is Cc1nn(C)c(CC(CO)c2ccccc2F)c1Cl. The van der Waals surface area contributed by atoms with Gasteiger partial charge in [0.05, 0.1) is 23.0 Å². The molecule has 0 aliphatic heterocycles. The zero-order chi connectivity index (χ0) is 14.0. The quantitative estimate of drug-likeness (QED) is 0.936. The Balaban J connectivity index is 2.32. The van der Waals surface area contributed by atoms with E-state index in [4.69, 9.17) is 11.6 Å². The van der Waals surface area contributed by atoms with E-state index in [1.165, 1.54) is 6.07 Å². The largest absolute Gasteiger partial charge is 0.396 e. The van der Waals surface area contributed by atoms with Gasteiger partial charge >= 0.3 is 0 Å². The Bertz CT molecular complexity index is 583. The zero-order valence-electron chi connectivity index (χ0n) is 10.9. The number of aliphatic hydroxyl groups excluding tert-OH is 1. The van der Waals surface area contributed by atoms with E-state index in [1.807, 2.05) is 6.92 Å². The van der Waals surface area contributed by atoms with E-state index in [0.717, 1.165) is 11.4 Å². The molecule has 0 radical (unpaired) electrons. The van der Waals surface area contributed by atoms with E-state index in [-0.39, 0.29) is 18.3 Å². The molecule has 2 aromatic rings. The van der Waals surface area contributed by atoms with Gasteiger partial charge in [0, 0.05) is 19.4 Å².